The van der Waals surface area contributed by atoms with E-state index in [-0.39, 0.29) is 0 Å². The molecule has 2 heteroatoms. The first kappa shape index (κ1) is 13.3. The van der Waals surface area contributed by atoms with Crippen molar-refractivity contribution >= 4 is 17.3 Å². The first-order valence-corrected chi connectivity index (χ1v) is 6.99. The van der Waals surface area contributed by atoms with Gasteiger partial charge in [0.15, 0.2) is 0 Å². The fourth-order valence-corrected chi connectivity index (χ4v) is 1.79. The minimum Gasteiger partial charge on any atom is -0.313 e. The van der Waals surface area contributed by atoms with E-state index in [1.807, 2.05) is 17.8 Å². The second-order valence-corrected chi connectivity index (χ2v) is 5.26. The Bertz CT molecular complexity index is 308. The lowest BCUT2D eigenvalue weighted by molar-refractivity contribution is 0.695. The van der Waals surface area contributed by atoms with Gasteiger partial charge in [0.05, 0.1) is 0 Å². The van der Waals surface area contributed by atoms with E-state index in [0.29, 0.717) is 0 Å². The van der Waals surface area contributed by atoms with E-state index >= 15 is 0 Å². The molecule has 1 aromatic rings. The number of rotatable bonds is 7. The third kappa shape index (κ3) is 4.86. The van der Waals surface area contributed by atoms with E-state index in [2.05, 4.69) is 49.3 Å². The van der Waals surface area contributed by atoms with Crippen molar-refractivity contribution in [3.05, 3.63) is 42.5 Å². The fourth-order valence-electron chi connectivity index (χ4n) is 1.44. The predicted molar refractivity (Wildman–Crippen MR) is 75.9 cm³/mol. The van der Waals surface area contributed by atoms with E-state index < -0.39 is 0 Å². The standard InChI is InChI=1S/C14H21NS/c1-12(14-7-5-4-6-8-14)11-15-10-9-13(2)16-3/h4-8,13,15H,1,9-11H2,2-3H3. The molecule has 0 saturated carbocycles. The van der Waals surface area contributed by atoms with Crippen LogP contribution in [-0.4, -0.2) is 24.6 Å². The van der Waals surface area contributed by atoms with Crippen LogP contribution in [0.4, 0.5) is 0 Å². The van der Waals surface area contributed by atoms with Gasteiger partial charge in [0.25, 0.3) is 0 Å². The van der Waals surface area contributed by atoms with Crippen LogP contribution in [0.2, 0.25) is 0 Å². The Hall–Kier alpha value is -0.730. The van der Waals surface area contributed by atoms with Crippen molar-refractivity contribution in [2.75, 3.05) is 19.3 Å². The highest BCUT2D eigenvalue weighted by molar-refractivity contribution is 7.99. The van der Waals surface area contributed by atoms with Crippen LogP contribution in [0.25, 0.3) is 5.57 Å². The molecule has 0 spiro atoms. The molecule has 0 saturated heterocycles. The molecule has 1 N–H and O–H groups in total. The molecule has 0 bridgehead atoms. The van der Waals surface area contributed by atoms with Gasteiger partial charge < -0.3 is 5.32 Å². The third-order valence-corrected chi connectivity index (χ3v) is 3.69. The summed E-state index contributed by atoms with van der Waals surface area (Å²) >= 11 is 1.92. The van der Waals surface area contributed by atoms with Crippen molar-refractivity contribution in [1.29, 1.82) is 0 Å². The normalized spacial score (nSPS) is 12.4. The quantitative estimate of drug-likeness (QED) is 0.727. The molecule has 88 valence electrons. The molecule has 0 fully saturated rings. The Morgan fingerprint density at radius 3 is 2.69 bits per heavy atom. The number of benzene rings is 1. The van der Waals surface area contributed by atoms with Crippen molar-refractivity contribution < 1.29 is 0 Å². The van der Waals surface area contributed by atoms with Gasteiger partial charge in [-0.1, -0.05) is 43.8 Å². The second kappa shape index (κ2) is 7.53. The summed E-state index contributed by atoms with van der Waals surface area (Å²) in [6.45, 7) is 8.30. The summed E-state index contributed by atoms with van der Waals surface area (Å²) < 4.78 is 0. The van der Waals surface area contributed by atoms with E-state index in [4.69, 9.17) is 0 Å². The maximum absolute atomic E-state index is 4.09. The molecule has 16 heavy (non-hydrogen) atoms. The SMILES string of the molecule is C=C(CNCCC(C)SC)c1ccccc1. The van der Waals surface area contributed by atoms with E-state index in [9.17, 15) is 0 Å². The molecule has 0 amide bonds. The number of hydrogen-bond donors (Lipinski definition) is 1. The first-order valence-electron chi connectivity index (χ1n) is 5.70. The lowest BCUT2D eigenvalue weighted by Gasteiger charge is -2.10. The van der Waals surface area contributed by atoms with Crippen LogP contribution in [-0.2, 0) is 0 Å². The summed E-state index contributed by atoms with van der Waals surface area (Å²) in [5.41, 5.74) is 2.39. The molecule has 1 aromatic carbocycles. The summed E-state index contributed by atoms with van der Waals surface area (Å²) in [7, 11) is 0. The van der Waals surface area contributed by atoms with Gasteiger partial charge in [0.1, 0.15) is 0 Å². The number of hydrogen-bond acceptors (Lipinski definition) is 2. The topological polar surface area (TPSA) is 12.0 Å². The molecule has 0 aliphatic rings. The summed E-state index contributed by atoms with van der Waals surface area (Å²) in [6, 6.07) is 10.3. The van der Waals surface area contributed by atoms with Gasteiger partial charge in [-0.3, -0.25) is 0 Å². The average Bonchev–Trinajstić information content (AvgIpc) is 2.35. The molecule has 1 atom stereocenters. The van der Waals surface area contributed by atoms with Crippen molar-refractivity contribution in [3.63, 3.8) is 0 Å². The van der Waals surface area contributed by atoms with E-state index in [1.165, 1.54) is 12.0 Å². The fraction of sp³-hybridized carbons (Fsp3) is 0.429. The number of nitrogens with one attached hydrogen (secondary N) is 1. The van der Waals surface area contributed by atoms with Crippen LogP contribution >= 0.6 is 11.8 Å². The van der Waals surface area contributed by atoms with E-state index in [0.717, 1.165) is 23.9 Å². The summed E-state index contributed by atoms with van der Waals surface area (Å²) in [5, 5.41) is 4.17. The predicted octanol–water partition coefficient (Wildman–Crippen LogP) is 3.43. The molecular formula is C14H21NS. The molecule has 0 heterocycles. The smallest absolute Gasteiger partial charge is 0.0205 e. The van der Waals surface area contributed by atoms with Crippen molar-refractivity contribution in [2.45, 2.75) is 18.6 Å². The van der Waals surface area contributed by atoms with Crippen molar-refractivity contribution in [2.24, 2.45) is 0 Å². The average molecular weight is 235 g/mol. The zero-order valence-corrected chi connectivity index (χ0v) is 11.0. The monoisotopic (exact) mass is 235 g/mol. The van der Waals surface area contributed by atoms with Crippen LogP contribution in [0.3, 0.4) is 0 Å². The van der Waals surface area contributed by atoms with Gasteiger partial charge in [-0.25, -0.2) is 0 Å². The zero-order valence-electron chi connectivity index (χ0n) is 10.2. The van der Waals surface area contributed by atoms with Crippen LogP contribution in [0.15, 0.2) is 36.9 Å². The van der Waals surface area contributed by atoms with Gasteiger partial charge in [-0.15, -0.1) is 0 Å². The summed E-state index contributed by atoms with van der Waals surface area (Å²) in [5.74, 6) is 0. The molecule has 1 rings (SSSR count). The van der Waals surface area contributed by atoms with Gasteiger partial charge >= 0.3 is 0 Å². The molecule has 0 radical (unpaired) electrons. The molecular weight excluding hydrogens is 214 g/mol. The first-order chi connectivity index (χ1) is 7.74. The zero-order chi connectivity index (χ0) is 11.8. The maximum Gasteiger partial charge on any atom is 0.0205 e. The Labute approximate surface area is 103 Å². The van der Waals surface area contributed by atoms with Gasteiger partial charge in [-0.05, 0) is 30.4 Å². The lowest BCUT2D eigenvalue weighted by Crippen LogP contribution is -2.20. The number of thioether (sulfide) groups is 1. The second-order valence-electron chi connectivity index (χ2n) is 3.98. The van der Waals surface area contributed by atoms with Gasteiger partial charge in [0.2, 0.25) is 0 Å². The lowest BCUT2D eigenvalue weighted by atomic mass is 10.1. The van der Waals surface area contributed by atoms with Crippen molar-refractivity contribution in [3.8, 4) is 0 Å². The summed E-state index contributed by atoms with van der Waals surface area (Å²) in [6.07, 6.45) is 3.37. The van der Waals surface area contributed by atoms with Gasteiger partial charge in [-0.2, -0.15) is 11.8 Å². The summed E-state index contributed by atoms with van der Waals surface area (Å²) in [4.78, 5) is 0. The van der Waals surface area contributed by atoms with Crippen LogP contribution in [0.1, 0.15) is 18.9 Å². The molecule has 0 aromatic heterocycles. The minimum atomic E-state index is 0.734. The molecule has 1 nitrogen and oxygen atoms in total. The van der Waals surface area contributed by atoms with Crippen LogP contribution in [0.5, 0.6) is 0 Å². The Kier molecular flexibility index (Phi) is 6.27. The molecule has 0 aliphatic heterocycles. The maximum atomic E-state index is 4.09. The minimum absolute atomic E-state index is 0.734. The van der Waals surface area contributed by atoms with Crippen molar-refractivity contribution in [1.82, 2.24) is 5.32 Å². The highest BCUT2D eigenvalue weighted by Crippen LogP contribution is 2.11. The van der Waals surface area contributed by atoms with E-state index in [1.54, 1.807) is 0 Å². The largest absolute Gasteiger partial charge is 0.313 e. The highest BCUT2D eigenvalue weighted by atomic mass is 32.2. The Morgan fingerprint density at radius 1 is 1.38 bits per heavy atom. The highest BCUT2D eigenvalue weighted by Gasteiger charge is 2.00. The Morgan fingerprint density at radius 2 is 2.06 bits per heavy atom. The molecule has 1 unspecified atom stereocenters. The molecule has 0 aliphatic carbocycles. The van der Waals surface area contributed by atoms with Gasteiger partial charge in [0, 0.05) is 11.8 Å². The van der Waals surface area contributed by atoms with Crippen LogP contribution < -0.4 is 5.32 Å². The Balaban J connectivity index is 2.21. The van der Waals surface area contributed by atoms with Crippen LogP contribution in [0, 0.1) is 0 Å². The third-order valence-electron chi connectivity index (χ3n) is 2.65.